The van der Waals surface area contributed by atoms with Crippen molar-refractivity contribution in [2.75, 3.05) is 25.1 Å². The Hall–Kier alpha value is -1.55. The Kier molecular flexibility index (Phi) is 7.09. The zero-order chi connectivity index (χ0) is 15.0. The van der Waals surface area contributed by atoms with Crippen LogP contribution in [0.4, 0.5) is 5.69 Å². The molecule has 0 aromatic heterocycles. The predicted molar refractivity (Wildman–Crippen MR) is 83.4 cm³/mol. The Labute approximate surface area is 121 Å². The van der Waals surface area contributed by atoms with E-state index in [-0.39, 0.29) is 11.9 Å². The second-order valence-corrected chi connectivity index (χ2v) is 4.99. The van der Waals surface area contributed by atoms with E-state index in [0.717, 1.165) is 24.2 Å². The van der Waals surface area contributed by atoms with Gasteiger partial charge >= 0.3 is 0 Å². The lowest BCUT2D eigenvalue weighted by molar-refractivity contribution is 0.0872. The minimum atomic E-state index is -0.0534. The second kappa shape index (κ2) is 8.59. The SMILES string of the molecule is CCCNc1ccc(C(=O)NC(C)COCC)cc1C. The molecule has 0 fully saturated rings. The molecule has 0 aliphatic rings. The lowest BCUT2D eigenvalue weighted by Crippen LogP contribution is -2.35. The molecule has 0 saturated carbocycles. The molecule has 0 heterocycles. The molecule has 1 amide bonds. The number of amides is 1. The van der Waals surface area contributed by atoms with Crippen molar-refractivity contribution in [3.05, 3.63) is 29.3 Å². The Balaban J connectivity index is 2.62. The number of aryl methyl sites for hydroxylation is 1. The molecule has 1 unspecified atom stereocenters. The van der Waals surface area contributed by atoms with Crippen molar-refractivity contribution in [2.45, 2.75) is 40.2 Å². The van der Waals surface area contributed by atoms with E-state index in [0.29, 0.717) is 18.8 Å². The summed E-state index contributed by atoms with van der Waals surface area (Å²) in [7, 11) is 0. The van der Waals surface area contributed by atoms with Crippen molar-refractivity contribution >= 4 is 11.6 Å². The van der Waals surface area contributed by atoms with Gasteiger partial charge in [-0.2, -0.15) is 0 Å². The van der Waals surface area contributed by atoms with Crippen LogP contribution in [0.1, 0.15) is 43.1 Å². The van der Waals surface area contributed by atoms with Crippen LogP contribution in [0.15, 0.2) is 18.2 Å². The fraction of sp³-hybridized carbons (Fsp3) is 0.562. The van der Waals surface area contributed by atoms with Crippen molar-refractivity contribution in [3.8, 4) is 0 Å². The van der Waals surface area contributed by atoms with Gasteiger partial charge in [-0.1, -0.05) is 6.92 Å². The summed E-state index contributed by atoms with van der Waals surface area (Å²) in [6.07, 6.45) is 1.08. The number of hydrogen-bond acceptors (Lipinski definition) is 3. The van der Waals surface area contributed by atoms with Crippen LogP contribution in [0.25, 0.3) is 0 Å². The first-order chi connectivity index (χ1) is 9.58. The van der Waals surface area contributed by atoms with Gasteiger partial charge in [0, 0.05) is 30.4 Å². The normalized spacial score (nSPS) is 12.0. The monoisotopic (exact) mass is 278 g/mol. The number of ether oxygens (including phenoxy) is 1. The molecule has 0 spiro atoms. The van der Waals surface area contributed by atoms with Crippen LogP contribution in [-0.2, 0) is 4.74 Å². The summed E-state index contributed by atoms with van der Waals surface area (Å²) in [6.45, 7) is 10.2. The van der Waals surface area contributed by atoms with E-state index in [1.165, 1.54) is 0 Å². The van der Waals surface area contributed by atoms with E-state index in [4.69, 9.17) is 4.74 Å². The summed E-state index contributed by atoms with van der Waals surface area (Å²) in [5.41, 5.74) is 2.86. The fourth-order valence-corrected chi connectivity index (χ4v) is 1.91. The maximum absolute atomic E-state index is 12.1. The van der Waals surface area contributed by atoms with Crippen LogP contribution in [0.3, 0.4) is 0 Å². The Bertz CT molecular complexity index is 432. The molecule has 1 aromatic rings. The third-order valence-corrected chi connectivity index (χ3v) is 3.00. The van der Waals surface area contributed by atoms with E-state index in [1.54, 1.807) is 0 Å². The van der Waals surface area contributed by atoms with Crippen molar-refractivity contribution < 1.29 is 9.53 Å². The first kappa shape index (κ1) is 16.5. The summed E-state index contributed by atoms with van der Waals surface area (Å²) in [4.78, 5) is 12.1. The highest BCUT2D eigenvalue weighted by Gasteiger charge is 2.10. The minimum Gasteiger partial charge on any atom is -0.385 e. The Morgan fingerprint density at radius 3 is 2.70 bits per heavy atom. The van der Waals surface area contributed by atoms with Gasteiger partial charge in [0.2, 0.25) is 0 Å². The second-order valence-electron chi connectivity index (χ2n) is 4.99. The van der Waals surface area contributed by atoms with E-state index in [1.807, 2.05) is 39.0 Å². The number of nitrogens with one attached hydrogen (secondary N) is 2. The molecular weight excluding hydrogens is 252 g/mol. The number of rotatable bonds is 8. The predicted octanol–water partition coefficient (Wildman–Crippen LogP) is 2.97. The molecule has 0 bridgehead atoms. The summed E-state index contributed by atoms with van der Waals surface area (Å²) in [5, 5.41) is 6.28. The molecule has 4 nitrogen and oxygen atoms in total. The molecule has 4 heteroatoms. The highest BCUT2D eigenvalue weighted by Crippen LogP contribution is 2.16. The van der Waals surface area contributed by atoms with E-state index < -0.39 is 0 Å². The van der Waals surface area contributed by atoms with Gasteiger partial charge in [0.05, 0.1) is 6.61 Å². The largest absolute Gasteiger partial charge is 0.385 e. The summed E-state index contributed by atoms with van der Waals surface area (Å²) >= 11 is 0. The summed E-state index contributed by atoms with van der Waals surface area (Å²) in [6, 6.07) is 5.75. The van der Waals surface area contributed by atoms with Gasteiger partial charge in [-0.05, 0) is 51.0 Å². The summed E-state index contributed by atoms with van der Waals surface area (Å²) in [5.74, 6) is -0.0534. The van der Waals surface area contributed by atoms with Crippen molar-refractivity contribution in [1.82, 2.24) is 5.32 Å². The van der Waals surface area contributed by atoms with Gasteiger partial charge in [0.15, 0.2) is 0 Å². The van der Waals surface area contributed by atoms with Crippen LogP contribution in [0, 0.1) is 6.92 Å². The third kappa shape index (κ3) is 5.21. The first-order valence-electron chi connectivity index (χ1n) is 7.31. The number of benzene rings is 1. The maximum Gasteiger partial charge on any atom is 0.251 e. The minimum absolute atomic E-state index is 0.0145. The molecule has 1 rings (SSSR count). The van der Waals surface area contributed by atoms with Crippen LogP contribution in [0.5, 0.6) is 0 Å². The third-order valence-electron chi connectivity index (χ3n) is 3.00. The first-order valence-corrected chi connectivity index (χ1v) is 7.31. The number of anilines is 1. The van der Waals surface area contributed by atoms with Crippen LogP contribution < -0.4 is 10.6 Å². The van der Waals surface area contributed by atoms with Crippen molar-refractivity contribution in [3.63, 3.8) is 0 Å². The molecule has 1 atom stereocenters. The zero-order valence-electron chi connectivity index (χ0n) is 13.0. The maximum atomic E-state index is 12.1. The average molecular weight is 278 g/mol. The molecule has 0 saturated heterocycles. The molecule has 0 radical (unpaired) electrons. The van der Waals surface area contributed by atoms with Crippen LogP contribution in [-0.4, -0.2) is 31.7 Å². The Morgan fingerprint density at radius 1 is 1.35 bits per heavy atom. The lowest BCUT2D eigenvalue weighted by Gasteiger charge is -2.15. The highest BCUT2D eigenvalue weighted by atomic mass is 16.5. The fourth-order valence-electron chi connectivity index (χ4n) is 1.91. The molecule has 2 N–H and O–H groups in total. The van der Waals surface area contributed by atoms with Crippen LogP contribution in [0.2, 0.25) is 0 Å². The topological polar surface area (TPSA) is 50.4 Å². The molecule has 1 aromatic carbocycles. The van der Waals surface area contributed by atoms with Gasteiger partial charge in [-0.25, -0.2) is 0 Å². The van der Waals surface area contributed by atoms with Gasteiger partial charge in [-0.15, -0.1) is 0 Å². The average Bonchev–Trinajstić information content (AvgIpc) is 2.43. The summed E-state index contributed by atoms with van der Waals surface area (Å²) < 4.78 is 5.29. The Morgan fingerprint density at radius 2 is 2.10 bits per heavy atom. The molecule has 112 valence electrons. The standard InChI is InChI=1S/C16H26N2O2/c1-5-9-17-15-8-7-14(10-12(15)3)16(19)18-13(4)11-20-6-2/h7-8,10,13,17H,5-6,9,11H2,1-4H3,(H,18,19). The van der Waals surface area contributed by atoms with E-state index >= 15 is 0 Å². The molecular formula is C16H26N2O2. The van der Waals surface area contributed by atoms with Gasteiger partial charge in [0.25, 0.3) is 5.91 Å². The van der Waals surface area contributed by atoms with Gasteiger partial charge < -0.3 is 15.4 Å². The number of carbonyl (C=O) groups excluding carboxylic acids is 1. The van der Waals surface area contributed by atoms with Crippen LogP contribution >= 0.6 is 0 Å². The van der Waals surface area contributed by atoms with Crippen molar-refractivity contribution in [2.24, 2.45) is 0 Å². The zero-order valence-corrected chi connectivity index (χ0v) is 13.0. The van der Waals surface area contributed by atoms with E-state index in [2.05, 4.69) is 17.6 Å². The number of carbonyl (C=O) groups is 1. The lowest BCUT2D eigenvalue weighted by atomic mass is 10.1. The van der Waals surface area contributed by atoms with Gasteiger partial charge in [-0.3, -0.25) is 4.79 Å². The molecule has 0 aliphatic carbocycles. The van der Waals surface area contributed by atoms with Gasteiger partial charge in [0.1, 0.15) is 0 Å². The van der Waals surface area contributed by atoms with E-state index in [9.17, 15) is 4.79 Å². The van der Waals surface area contributed by atoms with Crippen molar-refractivity contribution in [1.29, 1.82) is 0 Å². The molecule has 0 aliphatic heterocycles. The smallest absolute Gasteiger partial charge is 0.251 e. The quantitative estimate of drug-likeness (QED) is 0.768. The number of hydrogen-bond donors (Lipinski definition) is 2. The molecule has 20 heavy (non-hydrogen) atoms. The highest BCUT2D eigenvalue weighted by molar-refractivity contribution is 5.95.